The average Bonchev–Trinajstić information content (AvgIpc) is 2.38. The lowest BCUT2D eigenvalue weighted by Gasteiger charge is -2.28. The Bertz CT molecular complexity index is 626. The largest absolute Gasteiger partial charge is 0.393 e. The zero-order chi connectivity index (χ0) is 14.9. The zero-order valence-corrected chi connectivity index (χ0v) is 12.0. The molecule has 0 unspecified atom stereocenters. The number of nitro benzene ring substituents is 1. The summed E-state index contributed by atoms with van der Waals surface area (Å²) in [5.74, 6) is 0. The second-order valence-corrected chi connectivity index (χ2v) is 6.85. The Balaban J connectivity index is 2.42. The number of piperidine rings is 1. The normalized spacial score (nSPS) is 18.1. The third-order valence-corrected chi connectivity index (χ3v) is 5.34. The summed E-state index contributed by atoms with van der Waals surface area (Å²) in [6.07, 6.45) is 0.114. The quantitative estimate of drug-likeness (QED) is 0.670. The van der Waals surface area contributed by atoms with E-state index in [1.807, 2.05) is 0 Å². The molecule has 20 heavy (non-hydrogen) atoms. The second-order valence-electron chi connectivity index (χ2n) is 4.50. The molecule has 1 fully saturated rings. The maximum Gasteiger partial charge on any atom is 0.290 e. The Morgan fingerprint density at radius 1 is 1.35 bits per heavy atom. The maximum atomic E-state index is 12.4. The van der Waals surface area contributed by atoms with Crippen molar-refractivity contribution in [2.45, 2.75) is 23.8 Å². The van der Waals surface area contributed by atoms with Gasteiger partial charge in [-0.3, -0.25) is 10.1 Å². The molecular formula is C11H13ClN2O5S. The van der Waals surface area contributed by atoms with Gasteiger partial charge in [0.25, 0.3) is 5.69 Å². The van der Waals surface area contributed by atoms with Gasteiger partial charge in [0.2, 0.25) is 10.0 Å². The minimum atomic E-state index is -3.96. The second kappa shape index (κ2) is 5.65. The molecule has 1 heterocycles. The summed E-state index contributed by atoms with van der Waals surface area (Å²) in [6.45, 7) is 0.284. The number of aliphatic hydroxyl groups is 1. The van der Waals surface area contributed by atoms with E-state index in [2.05, 4.69) is 0 Å². The molecule has 2 rings (SSSR count). The highest BCUT2D eigenvalue weighted by Gasteiger charge is 2.33. The van der Waals surface area contributed by atoms with Crippen LogP contribution in [0.3, 0.4) is 0 Å². The van der Waals surface area contributed by atoms with Crippen LogP contribution in [0, 0.1) is 10.1 Å². The van der Waals surface area contributed by atoms with Crippen LogP contribution in [0.4, 0.5) is 5.69 Å². The van der Waals surface area contributed by atoms with Crippen molar-refractivity contribution < 1.29 is 18.4 Å². The first-order valence-electron chi connectivity index (χ1n) is 5.94. The van der Waals surface area contributed by atoms with E-state index < -0.39 is 26.7 Å². The molecule has 9 heteroatoms. The minimum absolute atomic E-state index is 0.102. The van der Waals surface area contributed by atoms with E-state index in [1.165, 1.54) is 6.07 Å². The van der Waals surface area contributed by atoms with Crippen LogP contribution in [0.15, 0.2) is 23.1 Å². The van der Waals surface area contributed by atoms with Crippen LogP contribution in [0.5, 0.6) is 0 Å². The van der Waals surface area contributed by atoms with E-state index in [9.17, 15) is 23.6 Å². The van der Waals surface area contributed by atoms with Crippen LogP contribution in [0.1, 0.15) is 12.8 Å². The fraction of sp³-hybridized carbons (Fsp3) is 0.455. The van der Waals surface area contributed by atoms with Crippen LogP contribution >= 0.6 is 11.6 Å². The smallest absolute Gasteiger partial charge is 0.290 e. The Morgan fingerprint density at radius 2 is 1.95 bits per heavy atom. The molecule has 1 N–H and O–H groups in total. The summed E-state index contributed by atoms with van der Waals surface area (Å²) in [6, 6.07) is 3.47. The summed E-state index contributed by atoms with van der Waals surface area (Å²) < 4.78 is 26.0. The van der Waals surface area contributed by atoms with Crippen LogP contribution < -0.4 is 0 Å². The number of benzene rings is 1. The first-order chi connectivity index (χ1) is 9.32. The monoisotopic (exact) mass is 320 g/mol. The minimum Gasteiger partial charge on any atom is -0.393 e. The number of nitrogens with zero attached hydrogens (tertiary/aromatic N) is 2. The van der Waals surface area contributed by atoms with Crippen LogP contribution in [-0.4, -0.2) is 41.9 Å². The van der Waals surface area contributed by atoms with E-state index in [-0.39, 0.29) is 23.0 Å². The molecule has 0 bridgehead atoms. The highest BCUT2D eigenvalue weighted by atomic mass is 35.5. The molecule has 7 nitrogen and oxygen atoms in total. The molecule has 0 aromatic heterocycles. The Kier molecular flexibility index (Phi) is 4.28. The third kappa shape index (κ3) is 2.93. The number of nitro groups is 1. The molecule has 0 saturated carbocycles. The van der Waals surface area contributed by atoms with Crippen LogP contribution in [-0.2, 0) is 10.0 Å². The molecule has 1 aliphatic heterocycles. The van der Waals surface area contributed by atoms with Gasteiger partial charge in [0.1, 0.15) is 0 Å². The maximum absolute atomic E-state index is 12.4. The third-order valence-electron chi connectivity index (χ3n) is 3.16. The van der Waals surface area contributed by atoms with E-state index in [4.69, 9.17) is 11.6 Å². The zero-order valence-electron chi connectivity index (χ0n) is 10.4. The molecule has 1 aromatic carbocycles. The van der Waals surface area contributed by atoms with Crippen molar-refractivity contribution >= 4 is 27.3 Å². The van der Waals surface area contributed by atoms with Crippen molar-refractivity contribution in [3.63, 3.8) is 0 Å². The standard InChI is InChI=1S/C11H13ClN2O5S/c12-8-1-2-11(10(7-8)14(16)17)20(18,19)13-5-3-9(15)4-6-13/h1-2,7,9,15H,3-6H2. The van der Waals surface area contributed by atoms with Crippen LogP contribution in [0.2, 0.25) is 5.02 Å². The fourth-order valence-electron chi connectivity index (χ4n) is 2.07. The summed E-state index contributed by atoms with van der Waals surface area (Å²) in [7, 11) is -3.96. The molecule has 1 aromatic rings. The lowest BCUT2D eigenvalue weighted by Crippen LogP contribution is -2.40. The number of aliphatic hydroxyl groups excluding tert-OH is 1. The van der Waals surface area contributed by atoms with Gasteiger partial charge in [-0.25, -0.2) is 8.42 Å². The first kappa shape index (κ1) is 15.2. The van der Waals surface area contributed by atoms with Gasteiger partial charge < -0.3 is 5.11 Å². The summed E-state index contributed by atoms with van der Waals surface area (Å²) >= 11 is 5.67. The lowest BCUT2D eigenvalue weighted by molar-refractivity contribution is -0.387. The average molecular weight is 321 g/mol. The summed E-state index contributed by atoms with van der Waals surface area (Å²) in [4.78, 5) is 9.84. The molecule has 0 atom stereocenters. The summed E-state index contributed by atoms with van der Waals surface area (Å²) in [5, 5.41) is 20.5. The highest BCUT2D eigenvalue weighted by molar-refractivity contribution is 7.89. The van der Waals surface area contributed by atoms with Gasteiger partial charge in [-0.2, -0.15) is 4.31 Å². The summed E-state index contributed by atoms with van der Waals surface area (Å²) in [5.41, 5.74) is -0.538. The van der Waals surface area contributed by atoms with Gasteiger partial charge in [0.05, 0.1) is 11.0 Å². The van der Waals surface area contributed by atoms with Gasteiger partial charge >= 0.3 is 0 Å². The van der Waals surface area contributed by atoms with Gasteiger partial charge in [-0.05, 0) is 25.0 Å². The predicted octanol–water partition coefficient (Wildman–Crippen LogP) is 1.39. The molecule has 0 radical (unpaired) electrons. The Morgan fingerprint density at radius 3 is 2.50 bits per heavy atom. The topological polar surface area (TPSA) is 101 Å². The fourth-order valence-corrected chi connectivity index (χ4v) is 3.85. The van der Waals surface area contributed by atoms with Crippen molar-refractivity contribution in [1.82, 2.24) is 4.31 Å². The molecule has 0 amide bonds. The SMILES string of the molecule is O=[N+]([O-])c1cc(Cl)ccc1S(=O)(=O)N1CCC(O)CC1. The molecule has 0 spiro atoms. The molecule has 1 saturated heterocycles. The van der Waals surface area contributed by atoms with Gasteiger partial charge in [0, 0.05) is 24.2 Å². The molecule has 110 valence electrons. The number of sulfonamides is 1. The van der Waals surface area contributed by atoms with Crippen molar-refractivity contribution in [1.29, 1.82) is 0 Å². The number of hydrogen-bond donors (Lipinski definition) is 1. The number of halogens is 1. The Labute approximate surface area is 121 Å². The molecule has 1 aliphatic rings. The first-order valence-corrected chi connectivity index (χ1v) is 7.76. The van der Waals surface area contributed by atoms with Crippen molar-refractivity contribution in [2.24, 2.45) is 0 Å². The van der Waals surface area contributed by atoms with E-state index in [0.29, 0.717) is 12.8 Å². The van der Waals surface area contributed by atoms with E-state index in [0.717, 1.165) is 16.4 Å². The van der Waals surface area contributed by atoms with E-state index in [1.54, 1.807) is 0 Å². The van der Waals surface area contributed by atoms with Crippen LogP contribution in [0.25, 0.3) is 0 Å². The highest BCUT2D eigenvalue weighted by Crippen LogP contribution is 2.30. The van der Waals surface area contributed by atoms with Crippen molar-refractivity contribution in [2.75, 3.05) is 13.1 Å². The van der Waals surface area contributed by atoms with Crippen molar-refractivity contribution in [3.05, 3.63) is 33.3 Å². The predicted molar refractivity (Wildman–Crippen MR) is 72.1 cm³/mol. The lowest BCUT2D eigenvalue weighted by atomic mass is 10.1. The molecular weight excluding hydrogens is 308 g/mol. The van der Waals surface area contributed by atoms with Gasteiger partial charge in [0.15, 0.2) is 4.90 Å². The van der Waals surface area contributed by atoms with Gasteiger partial charge in [-0.15, -0.1) is 0 Å². The number of rotatable bonds is 3. The van der Waals surface area contributed by atoms with Crippen molar-refractivity contribution in [3.8, 4) is 0 Å². The Hall–Kier alpha value is -1.22. The number of hydrogen-bond acceptors (Lipinski definition) is 5. The molecule has 0 aliphatic carbocycles. The van der Waals surface area contributed by atoms with Gasteiger partial charge in [-0.1, -0.05) is 11.6 Å². The van der Waals surface area contributed by atoms with E-state index >= 15 is 0 Å².